The van der Waals surface area contributed by atoms with E-state index in [1.807, 2.05) is 0 Å². The van der Waals surface area contributed by atoms with Gasteiger partial charge in [0.2, 0.25) is 5.82 Å². The fraction of sp³-hybridized carbons (Fsp3) is 0.400. The molecule has 1 saturated heterocycles. The van der Waals surface area contributed by atoms with Gasteiger partial charge in [-0.3, -0.25) is 10.1 Å². The lowest BCUT2D eigenvalue weighted by Crippen LogP contribution is -2.41. The summed E-state index contributed by atoms with van der Waals surface area (Å²) in [7, 11) is -3.09. The van der Waals surface area contributed by atoms with Gasteiger partial charge in [-0.25, -0.2) is 13.4 Å². The van der Waals surface area contributed by atoms with Crippen LogP contribution in [0.4, 0.5) is 11.5 Å². The number of nitro groups is 1. The molecule has 0 spiro atoms. The summed E-state index contributed by atoms with van der Waals surface area (Å²) in [6, 6.07) is 1.14. The molecule has 1 aromatic heterocycles. The van der Waals surface area contributed by atoms with Gasteiger partial charge in [-0.05, 0) is 0 Å². The van der Waals surface area contributed by atoms with Gasteiger partial charge >= 0.3 is 5.69 Å². The third-order valence-electron chi connectivity index (χ3n) is 3.09. The molecule has 0 aromatic carbocycles. The molecule has 0 amide bonds. The topological polar surface area (TPSA) is 152 Å². The van der Waals surface area contributed by atoms with Gasteiger partial charge < -0.3 is 15.8 Å². The van der Waals surface area contributed by atoms with Crippen molar-refractivity contribution in [3.63, 3.8) is 0 Å². The molecule has 10 nitrogen and oxygen atoms in total. The SMILES string of the molecule is NC(=NO)c1cnc(N2CCS(=O)(=O)CC2)c([N+](=O)[O-])c1. The van der Waals surface area contributed by atoms with Gasteiger partial charge in [-0.1, -0.05) is 5.16 Å². The van der Waals surface area contributed by atoms with Crippen molar-refractivity contribution in [3.05, 3.63) is 27.9 Å². The van der Waals surface area contributed by atoms with Gasteiger partial charge in [-0.2, -0.15) is 0 Å². The van der Waals surface area contributed by atoms with Crippen molar-refractivity contribution >= 4 is 27.2 Å². The lowest BCUT2D eigenvalue weighted by molar-refractivity contribution is -0.384. The Hall–Kier alpha value is -2.43. The molecule has 1 aliphatic rings. The molecular formula is C10H13N5O5S. The fourth-order valence-electron chi connectivity index (χ4n) is 1.95. The highest BCUT2D eigenvalue weighted by Gasteiger charge is 2.28. The quantitative estimate of drug-likeness (QED) is 0.244. The number of aromatic nitrogens is 1. The van der Waals surface area contributed by atoms with Gasteiger partial charge in [0.1, 0.15) is 0 Å². The van der Waals surface area contributed by atoms with Crippen molar-refractivity contribution in [3.8, 4) is 0 Å². The summed E-state index contributed by atoms with van der Waals surface area (Å²) >= 11 is 0. The monoisotopic (exact) mass is 315 g/mol. The van der Waals surface area contributed by atoms with Crippen molar-refractivity contribution in [1.82, 2.24) is 4.98 Å². The van der Waals surface area contributed by atoms with Gasteiger partial charge in [0.25, 0.3) is 0 Å². The van der Waals surface area contributed by atoms with Crippen molar-refractivity contribution in [1.29, 1.82) is 0 Å². The summed E-state index contributed by atoms with van der Waals surface area (Å²) < 4.78 is 22.8. The number of hydrogen-bond acceptors (Lipinski definition) is 8. The maximum absolute atomic E-state index is 11.4. The number of amidine groups is 1. The van der Waals surface area contributed by atoms with Crippen LogP contribution in [0.25, 0.3) is 0 Å². The summed E-state index contributed by atoms with van der Waals surface area (Å²) in [4.78, 5) is 16.0. The van der Waals surface area contributed by atoms with Crippen LogP contribution in [0.3, 0.4) is 0 Å². The van der Waals surface area contributed by atoms with E-state index >= 15 is 0 Å². The zero-order valence-corrected chi connectivity index (χ0v) is 11.7. The Kier molecular flexibility index (Phi) is 3.93. The van der Waals surface area contributed by atoms with Gasteiger partial charge in [0, 0.05) is 30.9 Å². The highest BCUT2D eigenvalue weighted by atomic mass is 32.2. The van der Waals surface area contributed by atoms with Gasteiger partial charge in [0.05, 0.1) is 16.4 Å². The summed E-state index contributed by atoms with van der Waals surface area (Å²) in [6.07, 6.45) is 1.24. The summed E-state index contributed by atoms with van der Waals surface area (Å²) in [5, 5.41) is 22.5. The Morgan fingerprint density at radius 1 is 1.48 bits per heavy atom. The zero-order valence-electron chi connectivity index (χ0n) is 10.8. The highest BCUT2D eigenvalue weighted by molar-refractivity contribution is 7.91. The standard InChI is InChI=1S/C10H13N5O5S/c11-9(13-16)7-5-8(15(17)18)10(12-6-7)14-1-3-21(19,20)4-2-14/h5-6,16H,1-4H2,(H2,11,13). The molecule has 21 heavy (non-hydrogen) atoms. The highest BCUT2D eigenvalue weighted by Crippen LogP contribution is 2.27. The molecule has 0 radical (unpaired) electrons. The summed E-state index contributed by atoms with van der Waals surface area (Å²) in [6.45, 7) is 0.276. The second kappa shape index (κ2) is 5.52. The minimum absolute atomic E-state index is 0.0735. The molecule has 0 unspecified atom stereocenters. The minimum Gasteiger partial charge on any atom is -0.409 e. The first-order valence-corrected chi connectivity index (χ1v) is 7.74. The molecule has 114 valence electrons. The van der Waals surface area contributed by atoms with Crippen LogP contribution >= 0.6 is 0 Å². The number of pyridine rings is 1. The Balaban J connectivity index is 2.38. The van der Waals surface area contributed by atoms with E-state index in [-0.39, 0.29) is 47.5 Å². The molecule has 0 atom stereocenters. The predicted molar refractivity (Wildman–Crippen MR) is 74.3 cm³/mol. The summed E-state index contributed by atoms with van der Waals surface area (Å²) in [5.41, 5.74) is 5.16. The Bertz CT molecular complexity index is 688. The van der Waals surface area contributed by atoms with Crippen LogP contribution in [0.5, 0.6) is 0 Å². The number of hydrogen-bond donors (Lipinski definition) is 2. The third kappa shape index (κ3) is 3.18. The normalized spacial score (nSPS) is 18.5. The number of sulfone groups is 1. The Morgan fingerprint density at radius 2 is 2.10 bits per heavy atom. The molecule has 1 fully saturated rings. The second-order valence-electron chi connectivity index (χ2n) is 4.45. The van der Waals surface area contributed by atoms with Crippen LogP contribution in [-0.4, -0.2) is 54.0 Å². The van der Waals surface area contributed by atoms with E-state index in [4.69, 9.17) is 10.9 Å². The van der Waals surface area contributed by atoms with Crippen LogP contribution in [0.2, 0.25) is 0 Å². The molecule has 2 rings (SSSR count). The molecule has 0 bridgehead atoms. The second-order valence-corrected chi connectivity index (χ2v) is 6.75. The van der Waals surface area contributed by atoms with E-state index < -0.39 is 14.8 Å². The number of nitrogens with zero attached hydrogens (tertiary/aromatic N) is 4. The summed E-state index contributed by atoms with van der Waals surface area (Å²) in [5.74, 6) is -0.371. The molecule has 0 aliphatic carbocycles. The van der Waals surface area contributed by atoms with E-state index in [1.54, 1.807) is 0 Å². The average Bonchev–Trinajstić information content (AvgIpc) is 2.46. The van der Waals surface area contributed by atoms with Gasteiger partial charge in [0.15, 0.2) is 15.7 Å². The average molecular weight is 315 g/mol. The molecule has 1 aliphatic heterocycles. The van der Waals surface area contributed by atoms with E-state index in [1.165, 1.54) is 11.1 Å². The predicted octanol–water partition coefficient (Wildman–Crippen LogP) is -0.681. The largest absolute Gasteiger partial charge is 0.409 e. The van der Waals surface area contributed by atoms with Crippen LogP contribution < -0.4 is 10.6 Å². The maximum Gasteiger partial charge on any atom is 0.312 e. The van der Waals surface area contributed by atoms with Crippen molar-refractivity contribution in [2.75, 3.05) is 29.5 Å². The van der Waals surface area contributed by atoms with Crippen LogP contribution in [0, 0.1) is 10.1 Å². The first kappa shape index (κ1) is 15.0. The number of oxime groups is 1. The molecular weight excluding hydrogens is 302 g/mol. The van der Waals surface area contributed by atoms with E-state index in [0.29, 0.717) is 0 Å². The first-order valence-electron chi connectivity index (χ1n) is 5.92. The van der Waals surface area contributed by atoms with Crippen LogP contribution in [-0.2, 0) is 9.84 Å². The fourth-order valence-corrected chi connectivity index (χ4v) is 3.15. The van der Waals surface area contributed by atoms with Crippen molar-refractivity contribution in [2.24, 2.45) is 10.9 Å². The van der Waals surface area contributed by atoms with E-state index in [0.717, 1.165) is 6.07 Å². The minimum atomic E-state index is -3.09. The van der Waals surface area contributed by atoms with Crippen LogP contribution in [0.15, 0.2) is 17.4 Å². The van der Waals surface area contributed by atoms with E-state index in [9.17, 15) is 18.5 Å². The smallest absolute Gasteiger partial charge is 0.312 e. The first-order chi connectivity index (χ1) is 9.84. The third-order valence-corrected chi connectivity index (χ3v) is 4.70. The Labute approximate surface area is 119 Å². The molecule has 0 saturated carbocycles. The lowest BCUT2D eigenvalue weighted by atomic mass is 10.2. The lowest BCUT2D eigenvalue weighted by Gasteiger charge is -2.27. The van der Waals surface area contributed by atoms with Gasteiger partial charge in [-0.15, -0.1) is 0 Å². The number of anilines is 1. The number of nitrogens with two attached hydrogens (primary N) is 1. The Morgan fingerprint density at radius 3 is 2.62 bits per heavy atom. The van der Waals surface area contributed by atoms with Crippen molar-refractivity contribution in [2.45, 2.75) is 0 Å². The number of rotatable bonds is 3. The van der Waals surface area contributed by atoms with Crippen molar-refractivity contribution < 1.29 is 18.5 Å². The molecule has 11 heteroatoms. The molecule has 3 N–H and O–H groups in total. The molecule has 2 heterocycles. The maximum atomic E-state index is 11.4. The van der Waals surface area contributed by atoms with E-state index in [2.05, 4.69) is 10.1 Å². The molecule has 1 aromatic rings. The van der Waals surface area contributed by atoms with Crippen LogP contribution in [0.1, 0.15) is 5.56 Å². The zero-order chi connectivity index (χ0) is 15.6.